The molecule has 0 saturated heterocycles. The third kappa shape index (κ3) is 2.83. The fourth-order valence-electron chi connectivity index (χ4n) is 8.27. The van der Waals surface area contributed by atoms with Gasteiger partial charge in [-0.05, 0) is 103 Å². The summed E-state index contributed by atoms with van der Waals surface area (Å²) in [5, 5.41) is 0. The molecule has 0 radical (unpaired) electrons. The molecular formula is C27H36O3. The Labute approximate surface area is 181 Å². The summed E-state index contributed by atoms with van der Waals surface area (Å²) in [6.07, 6.45) is 13.8. The number of ether oxygens (including phenoxy) is 1. The Bertz CT molecular complexity index is 877. The average Bonchev–Trinajstić information content (AvgIpc) is 3.42. The Kier molecular flexibility index (Phi) is 4.69. The molecule has 0 aromatic rings. The Morgan fingerprint density at radius 2 is 2.03 bits per heavy atom. The largest absolute Gasteiger partial charge is 0.463 e. The van der Waals surface area contributed by atoms with E-state index in [4.69, 9.17) is 4.74 Å². The highest BCUT2D eigenvalue weighted by Crippen LogP contribution is 2.72. The summed E-state index contributed by atoms with van der Waals surface area (Å²) in [6, 6.07) is 0. The lowest BCUT2D eigenvalue weighted by Gasteiger charge is -2.56. The van der Waals surface area contributed by atoms with Gasteiger partial charge in [-0.25, -0.2) is 4.79 Å². The van der Waals surface area contributed by atoms with Gasteiger partial charge in [0.05, 0.1) is 6.61 Å². The van der Waals surface area contributed by atoms with E-state index in [9.17, 15) is 9.59 Å². The molecule has 2 saturated carbocycles. The van der Waals surface area contributed by atoms with Crippen molar-refractivity contribution in [2.24, 2.45) is 40.4 Å². The van der Waals surface area contributed by atoms with Crippen molar-refractivity contribution in [3.8, 4) is 0 Å². The number of fused-ring (bicyclic) bond motifs is 7. The minimum Gasteiger partial charge on any atom is -0.463 e. The Hall–Kier alpha value is -1.64. The van der Waals surface area contributed by atoms with Crippen LogP contribution < -0.4 is 0 Å². The molecule has 0 heterocycles. The highest BCUT2D eigenvalue weighted by atomic mass is 16.5. The van der Waals surface area contributed by atoms with Gasteiger partial charge in [0, 0.05) is 12.5 Å². The molecule has 0 aromatic heterocycles. The first-order valence-electron chi connectivity index (χ1n) is 12.1. The quantitative estimate of drug-likeness (QED) is 0.435. The summed E-state index contributed by atoms with van der Waals surface area (Å²) in [4.78, 5) is 24.0. The van der Waals surface area contributed by atoms with Crippen LogP contribution in [-0.2, 0) is 14.3 Å². The molecule has 0 amide bonds. The first kappa shape index (κ1) is 20.3. The van der Waals surface area contributed by atoms with Crippen molar-refractivity contribution in [1.82, 2.24) is 0 Å². The van der Waals surface area contributed by atoms with E-state index < -0.39 is 0 Å². The normalized spacial score (nSPS) is 42.8. The second-order valence-electron chi connectivity index (χ2n) is 11.1. The maximum Gasteiger partial charge on any atom is 0.330 e. The molecule has 0 spiro atoms. The lowest BCUT2D eigenvalue weighted by atomic mass is 9.48. The standard InChI is InChI=1S/C27H36O3/c1-5-30-24(29)9-6-16(2)20-7-8-21-25-19-15-18(19)23-14-17(28)10-12-27(23,4)22(25)11-13-26(20,21)3/h6,9,14,16,20-22,25H,5,7-8,10-13,15H2,1-4H3/b9-6+/t16-,20?,21?,22?,25?,26-,27-/m1/s1. The third-order valence-electron chi connectivity index (χ3n) is 9.79. The number of esters is 1. The summed E-state index contributed by atoms with van der Waals surface area (Å²) in [7, 11) is 0. The SMILES string of the molecule is CCOC(=O)/C=C/[C@@H](C)C1CCC2C3C4=C(C4)C4=CC(=O)CC[C@]4(C)C3CC[C@@]21C. The zero-order valence-corrected chi connectivity index (χ0v) is 19.0. The minimum absolute atomic E-state index is 0.211. The monoisotopic (exact) mass is 408 g/mol. The van der Waals surface area contributed by atoms with Gasteiger partial charge in [-0.3, -0.25) is 4.79 Å². The number of carbonyl (C=O) groups excluding carboxylic acids is 2. The highest BCUT2D eigenvalue weighted by Gasteiger charge is 2.63. The van der Waals surface area contributed by atoms with E-state index in [0.717, 1.165) is 31.1 Å². The summed E-state index contributed by atoms with van der Waals surface area (Å²) >= 11 is 0. The lowest BCUT2D eigenvalue weighted by molar-refractivity contribution is -0.137. The summed E-state index contributed by atoms with van der Waals surface area (Å²) in [5.41, 5.74) is 5.23. The van der Waals surface area contributed by atoms with E-state index in [-0.39, 0.29) is 11.4 Å². The van der Waals surface area contributed by atoms with Gasteiger partial charge in [-0.2, -0.15) is 0 Å². The van der Waals surface area contributed by atoms with Crippen molar-refractivity contribution in [2.75, 3.05) is 6.61 Å². The van der Waals surface area contributed by atoms with Crippen molar-refractivity contribution in [3.63, 3.8) is 0 Å². The summed E-state index contributed by atoms with van der Waals surface area (Å²) < 4.78 is 5.08. The van der Waals surface area contributed by atoms with Crippen molar-refractivity contribution in [2.45, 2.75) is 72.6 Å². The zero-order valence-electron chi connectivity index (χ0n) is 19.0. The van der Waals surface area contributed by atoms with Crippen molar-refractivity contribution < 1.29 is 14.3 Å². The van der Waals surface area contributed by atoms with Gasteiger partial charge in [0.15, 0.2) is 5.78 Å². The Morgan fingerprint density at radius 1 is 1.23 bits per heavy atom. The molecule has 0 aromatic carbocycles. The second kappa shape index (κ2) is 6.93. The molecule has 5 aliphatic rings. The Balaban J connectivity index is 1.42. The average molecular weight is 409 g/mol. The number of allylic oxidation sites excluding steroid dienone is 5. The van der Waals surface area contributed by atoms with Crippen LogP contribution in [0.3, 0.4) is 0 Å². The minimum atomic E-state index is -0.216. The van der Waals surface area contributed by atoms with Gasteiger partial charge in [0.1, 0.15) is 0 Å². The predicted molar refractivity (Wildman–Crippen MR) is 118 cm³/mol. The van der Waals surface area contributed by atoms with Crippen LogP contribution in [0, 0.1) is 40.4 Å². The zero-order chi connectivity index (χ0) is 21.3. The molecular weight excluding hydrogens is 372 g/mol. The van der Waals surface area contributed by atoms with E-state index in [2.05, 4.69) is 26.8 Å². The van der Waals surface area contributed by atoms with Crippen LogP contribution >= 0.6 is 0 Å². The Morgan fingerprint density at radius 3 is 2.80 bits per heavy atom. The van der Waals surface area contributed by atoms with E-state index in [1.54, 1.807) is 17.2 Å². The third-order valence-corrected chi connectivity index (χ3v) is 9.79. The van der Waals surface area contributed by atoms with Crippen LogP contribution in [0.5, 0.6) is 0 Å². The number of hydrogen-bond donors (Lipinski definition) is 0. The molecule has 5 rings (SSSR count). The number of ketones is 1. The molecule has 0 aliphatic heterocycles. The van der Waals surface area contributed by atoms with Crippen LogP contribution in [0.4, 0.5) is 0 Å². The molecule has 7 atom stereocenters. The van der Waals surface area contributed by atoms with Crippen LogP contribution in [-0.4, -0.2) is 18.4 Å². The van der Waals surface area contributed by atoms with Crippen molar-refractivity contribution >= 4 is 11.8 Å². The molecule has 3 heteroatoms. The van der Waals surface area contributed by atoms with Gasteiger partial charge < -0.3 is 4.74 Å². The first-order valence-corrected chi connectivity index (χ1v) is 12.1. The van der Waals surface area contributed by atoms with Crippen molar-refractivity contribution in [1.29, 1.82) is 0 Å². The van der Waals surface area contributed by atoms with Gasteiger partial charge in [0.2, 0.25) is 0 Å². The molecule has 4 unspecified atom stereocenters. The number of rotatable bonds is 4. The summed E-state index contributed by atoms with van der Waals surface area (Å²) in [5.74, 6) is 3.34. The van der Waals surface area contributed by atoms with E-state index in [1.165, 1.54) is 31.3 Å². The molecule has 162 valence electrons. The van der Waals surface area contributed by atoms with E-state index in [1.807, 2.05) is 13.0 Å². The predicted octanol–water partition coefficient (Wildman–Crippen LogP) is 5.81. The molecule has 2 fully saturated rings. The molecule has 3 nitrogen and oxygen atoms in total. The topological polar surface area (TPSA) is 43.4 Å². The maximum atomic E-state index is 12.1. The van der Waals surface area contributed by atoms with Gasteiger partial charge in [-0.15, -0.1) is 0 Å². The van der Waals surface area contributed by atoms with Crippen LogP contribution in [0.25, 0.3) is 0 Å². The first-order chi connectivity index (χ1) is 14.3. The number of carbonyl (C=O) groups is 2. The van der Waals surface area contributed by atoms with Gasteiger partial charge in [-0.1, -0.05) is 32.4 Å². The van der Waals surface area contributed by atoms with Crippen LogP contribution in [0.2, 0.25) is 0 Å². The number of hydrogen-bond acceptors (Lipinski definition) is 3. The van der Waals surface area contributed by atoms with Gasteiger partial charge in [0.25, 0.3) is 0 Å². The lowest BCUT2D eigenvalue weighted by Crippen LogP contribution is -2.49. The van der Waals surface area contributed by atoms with Gasteiger partial charge >= 0.3 is 5.97 Å². The van der Waals surface area contributed by atoms with Crippen LogP contribution in [0.1, 0.15) is 72.6 Å². The van der Waals surface area contributed by atoms with Crippen LogP contribution in [0.15, 0.2) is 34.9 Å². The molecule has 5 aliphatic carbocycles. The molecule has 0 bridgehead atoms. The molecule has 0 N–H and O–H groups in total. The second-order valence-corrected chi connectivity index (χ2v) is 11.1. The smallest absolute Gasteiger partial charge is 0.330 e. The fourth-order valence-corrected chi connectivity index (χ4v) is 8.27. The van der Waals surface area contributed by atoms with Crippen molar-refractivity contribution in [3.05, 3.63) is 34.9 Å². The fraction of sp³-hybridized carbons (Fsp3) is 0.704. The van der Waals surface area contributed by atoms with E-state index >= 15 is 0 Å². The molecule has 30 heavy (non-hydrogen) atoms. The highest BCUT2D eigenvalue weighted by molar-refractivity contribution is 5.93. The van der Waals surface area contributed by atoms with E-state index in [0.29, 0.717) is 35.6 Å². The maximum absolute atomic E-state index is 12.1. The summed E-state index contributed by atoms with van der Waals surface area (Å²) in [6.45, 7) is 9.58.